The fraction of sp³-hybridized carbons (Fsp3) is 0.625. The first-order valence-electron chi connectivity index (χ1n) is 14.4. The molecule has 194 valence electrons. The van der Waals surface area contributed by atoms with E-state index in [1.807, 2.05) is 18.2 Å². The molecule has 0 unspecified atom stereocenters. The summed E-state index contributed by atoms with van der Waals surface area (Å²) < 4.78 is 27.1. The molecule has 0 spiro atoms. The van der Waals surface area contributed by atoms with Crippen LogP contribution in [0.25, 0.3) is 11.1 Å². The van der Waals surface area contributed by atoms with Gasteiger partial charge >= 0.3 is 0 Å². The van der Waals surface area contributed by atoms with Gasteiger partial charge in [-0.1, -0.05) is 103 Å². The second-order valence-corrected chi connectivity index (χ2v) is 10.2. The minimum Gasteiger partial charge on any atom is -0.494 e. The van der Waals surface area contributed by atoms with E-state index in [0.29, 0.717) is 18.8 Å². The maximum atomic E-state index is 15.2. The average molecular weight is 483 g/mol. The zero-order valence-corrected chi connectivity index (χ0v) is 22.3. The lowest BCUT2D eigenvalue weighted by atomic mass is 9.85. The number of benzene rings is 2. The molecular weight excluding hydrogens is 435 g/mol. The number of rotatable bonds is 18. The lowest BCUT2D eigenvalue weighted by Gasteiger charge is -2.22. The Kier molecular flexibility index (Phi) is 12.5. The van der Waals surface area contributed by atoms with Crippen molar-refractivity contribution in [3.05, 3.63) is 47.3 Å². The number of aryl methyl sites for hydroxylation is 1. The van der Waals surface area contributed by atoms with Gasteiger partial charge in [0.2, 0.25) is 0 Å². The van der Waals surface area contributed by atoms with Crippen molar-refractivity contribution in [3.63, 3.8) is 0 Å². The van der Waals surface area contributed by atoms with Crippen LogP contribution in [-0.2, 0) is 12.8 Å². The summed E-state index contributed by atoms with van der Waals surface area (Å²) in [4.78, 5) is 0. The number of ether oxygens (including phenoxy) is 2. The smallest absolute Gasteiger partial charge is 0.168 e. The summed E-state index contributed by atoms with van der Waals surface area (Å²) in [6, 6.07) is 10.1. The topological polar surface area (TPSA) is 18.5 Å². The van der Waals surface area contributed by atoms with Crippen molar-refractivity contribution in [2.45, 2.75) is 117 Å². The summed E-state index contributed by atoms with van der Waals surface area (Å²) in [5.41, 5.74) is 4.19. The molecule has 0 saturated carbocycles. The van der Waals surface area contributed by atoms with Crippen molar-refractivity contribution in [3.8, 4) is 22.6 Å². The number of fused-ring (bicyclic) bond motifs is 3. The van der Waals surface area contributed by atoms with E-state index in [9.17, 15) is 0 Å². The molecule has 0 bridgehead atoms. The Bertz CT molecular complexity index is 876. The maximum Gasteiger partial charge on any atom is 0.168 e. The molecule has 1 aliphatic rings. The molecule has 3 rings (SSSR count). The molecule has 0 amide bonds. The van der Waals surface area contributed by atoms with Crippen molar-refractivity contribution in [1.82, 2.24) is 0 Å². The summed E-state index contributed by atoms with van der Waals surface area (Å²) >= 11 is 0. The Hall–Kier alpha value is -2.03. The van der Waals surface area contributed by atoms with Crippen molar-refractivity contribution in [1.29, 1.82) is 0 Å². The van der Waals surface area contributed by atoms with Gasteiger partial charge in [0.1, 0.15) is 5.75 Å². The molecule has 2 aromatic rings. The Morgan fingerprint density at radius 1 is 0.629 bits per heavy atom. The highest BCUT2D eigenvalue weighted by Gasteiger charge is 2.22. The molecule has 0 atom stereocenters. The third-order valence-corrected chi connectivity index (χ3v) is 7.24. The summed E-state index contributed by atoms with van der Waals surface area (Å²) in [5, 5.41) is 0. The highest BCUT2D eigenvalue weighted by atomic mass is 19.1. The standard InChI is InChI=1S/C32H47FO2/c1-3-5-7-9-11-12-14-15-23-34-27-18-20-28-26(25-27)17-19-30-29(28)21-22-31(32(30)33)35-24-16-13-10-8-6-4-2/h18,20-22,25H,3-17,19,23-24H2,1-2H3. The van der Waals surface area contributed by atoms with E-state index in [4.69, 9.17) is 9.47 Å². The normalized spacial score (nSPS) is 12.3. The predicted octanol–water partition coefficient (Wildman–Crippen LogP) is 9.85. The Balaban J connectivity index is 1.45. The van der Waals surface area contributed by atoms with Crippen molar-refractivity contribution < 1.29 is 13.9 Å². The quantitative estimate of drug-likeness (QED) is 0.197. The highest BCUT2D eigenvalue weighted by molar-refractivity contribution is 5.75. The zero-order valence-electron chi connectivity index (χ0n) is 22.3. The monoisotopic (exact) mass is 482 g/mol. The first-order valence-corrected chi connectivity index (χ1v) is 14.4. The van der Waals surface area contributed by atoms with Crippen LogP contribution in [0.5, 0.6) is 11.5 Å². The molecule has 0 heterocycles. The SMILES string of the molecule is CCCCCCCCCCOc1ccc2c(c1)CCc1c-2ccc(OCCCCCCCC)c1F. The van der Waals surface area contributed by atoms with Gasteiger partial charge in [-0.2, -0.15) is 0 Å². The van der Waals surface area contributed by atoms with Gasteiger partial charge in [0, 0.05) is 0 Å². The van der Waals surface area contributed by atoms with Gasteiger partial charge < -0.3 is 9.47 Å². The van der Waals surface area contributed by atoms with Crippen LogP contribution >= 0.6 is 0 Å². The summed E-state index contributed by atoms with van der Waals surface area (Å²) in [6.45, 7) is 5.86. The van der Waals surface area contributed by atoms with E-state index in [1.54, 1.807) is 0 Å². The van der Waals surface area contributed by atoms with Crippen LogP contribution < -0.4 is 9.47 Å². The molecule has 1 aliphatic carbocycles. The maximum absolute atomic E-state index is 15.2. The molecule has 0 radical (unpaired) electrons. The highest BCUT2D eigenvalue weighted by Crippen LogP contribution is 2.39. The van der Waals surface area contributed by atoms with E-state index in [2.05, 4.69) is 26.0 Å². The van der Waals surface area contributed by atoms with Gasteiger partial charge in [-0.25, -0.2) is 4.39 Å². The largest absolute Gasteiger partial charge is 0.494 e. The van der Waals surface area contributed by atoms with Crippen LogP contribution in [0, 0.1) is 5.82 Å². The van der Waals surface area contributed by atoms with Crippen molar-refractivity contribution >= 4 is 0 Å². The van der Waals surface area contributed by atoms with Crippen LogP contribution in [0.2, 0.25) is 0 Å². The van der Waals surface area contributed by atoms with E-state index in [0.717, 1.165) is 54.7 Å². The van der Waals surface area contributed by atoms with Gasteiger partial charge in [-0.05, 0) is 66.1 Å². The average Bonchev–Trinajstić information content (AvgIpc) is 2.88. The summed E-state index contributed by atoms with van der Waals surface area (Å²) in [6.07, 6.45) is 19.2. The Labute approximate surface area is 213 Å². The van der Waals surface area contributed by atoms with Crippen molar-refractivity contribution in [2.24, 2.45) is 0 Å². The second kappa shape index (κ2) is 15.9. The van der Waals surface area contributed by atoms with E-state index >= 15 is 4.39 Å². The minimum atomic E-state index is -0.172. The fourth-order valence-corrected chi connectivity index (χ4v) is 5.09. The van der Waals surface area contributed by atoms with Crippen LogP contribution in [-0.4, -0.2) is 13.2 Å². The molecule has 2 nitrogen and oxygen atoms in total. The lowest BCUT2D eigenvalue weighted by molar-refractivity contribution is 0.289. The molecule has 0 aliphatic heterocycles. The van der Waals surface area contributed by atoms with Crippen LogP contribution in [0.1, 0.15) is 115 Å². The molecular formula is C32H47FO2. The van der Waals surface area contributed by atoms with Crippen molar-refractivity contribution in [2.75, 3.05) is 13.2 Å². The molecule has 0 fully saturated rings. The number of halogens is 1. The number of unbranched alkanes of at least 4 members (excludes halogenated alkanes) is 12. The number of hydrogen-bond donors (Lipinski definition) is 0. The summed E-state index contributed by atoms with van der Waals surface area (Å²) in [5.74, 6) is 1.18. The molecule has 0 N–H and O–H groups in total. The molecule has 2 aromatic carbocycles. The molecule has 35 heavy (non-hydrogen) atoms. The third-order valence-electron chi connectivity index (χ3n) is 7.24. The van der Waals surface area contributed by atoms with Gasteiger partial charge in [0.25, 0.3) is 0 Å². The fourth-order valence-electron chi connectivity index (χ4n) is 5.09. The molecule has 3 heteroatoms. The van der Waals surface area contributed by atoms with Crippen LogP contribution in [0.4, 0.5) is 4.39 Å². The minimum absolute atomic E-state index is 0.172. The molecule has 0 saturated heterocycles. The van der Waals surface area contributed by atoms with E-state index in [1.165, 1.54) is 76.2 Å². The van der Waals surface area contributed by atoms with Gasteiger partial charge in [-0.3, -0.25) is 0 Å². The third kappa shape index (κ3) is 8.85. The first-order chi connectivity index (χ1) is 17.2. The van der Waals surface area contributed by atoms with Crippen LogP contribution in [0.15, 0.2) is 30.3 Å². The first kappa shape index (κ1) is 27.6. The Morgan fingerprint density at radius 3 is 1.86 bits per heavy atom. The van der Waals surface area contributed by atoms with E-state index < -0.39 is 0 Å². The predicted molar refractivity (Wildman–Crippen MR) is 146 cm³/mol. The van der Waals surface area contributed by atoms with Gasteiger partial charge in [-0.15, -0.1) is 0 Å². The van der Waals surface area contributed by atoms with Gasteiger partial charge in [0.15, 0.2) is 11.6 Å². The number of hydrogen-bond acceptors (Lipinski definition) is 2. The molecule has 0 aromatic heterocycles. The summed E-state index contributed by atoms with van der Waals surface area (Å²) in [7, 11) is 0. The zero-order chi connectivity index (χ0) is 24.7. The van der Waals surface area contributed by atoms with Gasteiger partial charge in [0.05, 0.1) is 13.2 Å². The lowest BCUT2D eigenvalue weighted by Crippen LogP contribution is -2.09. The van der Waals surface area contributed by atoms with Crippen LogP contribution in [0.3, 0.4) is 0 Å². The Morgan fingerprint density at radius 2 is 1.20 bits per heavy atom. The van der Waals surface area contributed by atoms with E-state index in [-0.39, 0.29) is 5.82 Å². The second-order valence-electron chi connectivity index (χ2n) is 10.2.